The highest BCUT2D eigenvalue weighted by Crippen LogP contribution is 2.50. The van der Waals surface area contributed by atoms with Gasteiger partial charge in [-0.2, -0.15) is 0 Å². The van der Waals surface area contributed by atoms with E-state index in [1.165, 1.54) is 0 Å². The largest absolute Gasteiger partial charge is 0.388 e. The highest BCUT2D eigenvalue weighted by atomic mass is 32.2. The Balaban J connectivity index is 2.23. The Kier molecular flexibility index (Phi) is 1.97. The molecule has 76 valence electrons. The normalized spacial score (nSPS) is 48.8. The molecule has 1 saturated heterocycles. The van der Waals surface area contributed by atoms with Gasteiger partial charge in [0.25, 0.3) is 0 Å². The van der Waals surface area contributed by atoms with E-state index in [9.17, 15) is 13.5 Å². The first-order valence-corrected chi connectivity index (χ1v) is 6.62. The average Bonchev–Trinajstić information content (AvgIpc) is 2.59. The average molecular weight is 204 g/mol. The molecule has 3 unspecified atom stereocenters. The fourth-order valence-electron chi connectivity index (χ4n) is 2.40. The fourth-order valence-corrected chi connectivity index (χ4v) is 4.76. The number of sulfone groups is 1. The van der Waals surface area contributed by atoms with Gasteiger partial charge in [-0.15, -0.1) is 0 Å². The zero-order valence-electron chi connectivity index (χ0n) is 7.86. The van der Waals surface area contributed by atoms with Gasteiger partial charge in [-0.1, -0.05) is 13.3 Å². The van der Waals surface area contributed by atoms with Gasteiger partial charge in [0, 0.05) is 0 Å². The maximum absolute atomic E-state index is 11.7. The number of rotatable bonds is 1. The van der Waals surface area contributed by atoms with Crippen molar-refractivity contribution in [2.45, 2.75) is 43.5 Å². The molecule has 0 aromatic heterocycles. The van der Waals surface area contributed by atoms with Crippen LogP contribution >= 0.6 is 0 Å². The van der Waals surface area contributed by atoms with Crippen molar-refractivity contribution in [2.24, 2.45) is 5.92 Å². The molecule has 2 aliphatic rings. The summed E-state index contributed by atoms with van der Waals surface area (Å²) >= 11 is 0. The van der Waals surface area contributed by atoms with Gasteiger partial charge in [0.2, 0.25) is 0 Å². The van der Waals surface area contributed by atoms with Crippen molar-refractivity contribution in [1.29, 1.82) is 0 Å². The van der Waals surface area contributed by atoms with Crippen molar-refractivity contribution in [3.05, 3.63) is 0 Å². The Morgan fingerprint density at radius 2 is 2.00 bits per heavy atom. The summed E-state index contributed by atoms with van der Waals surface area (Å²) in [5.41, 5.74) is -0.876. The fraction of sp³-hybridized carbons (Fsp3) is 1.00. The van der Waals surface area contributed by atoms with Crippen LogP contribution < -0.4 is 0 Å². The molecule has 1 N–H and O–H groups in total. The summed E-state index contributed by atoms with van der Waals surface area (Å²) in [5.74, 6) is 0.442. The molecule has 0 spiro atoms. The van der Waals surface area contributed by atoms with Crippen molar-refractivity contribution >= 4 is 9.84 Å². The number of aliphatic hydroxyl groups is 1. The third-order valence-electron chi connectivity index (χ3n) is 3.46. The zero-order valence-corrected chi connectivity index (χ0v) is 8.68. The lowest BCUT2D eigenvalue weighted by atomic mass is 10.1. The molecule has 1 aliphatic carbocycles. The van der Waals surface area contributed by atoms with E-state index in [2.05, 4.69) is 0 Å². The molecule has 2 fully saturated rings. The summed E-state index contributed by atoms with van der Waals surface area (Å²) in [7, 11) is -3.00. The van der Waals surface area contributed by atoms with Crippen molar-refractivity contribution < 1.29 is 13.5 Å². The van der Waals surface area contributed by atoms with Crippen molar-refractivity contribution in [3.63, 3.8) is 0 Å². The number of hydrogen-bond donors (Lipinski definition) is 1. The Labute approximate surface area is 79.1 Å². The van der Waals surface area contributed by atoms with Crippen LogP contribution in [0.2, 0.25) is 0 Å². The Morgan fingerprint density at radius 1 is 1.38 bits per heavy atom. The molecule has 1 aliphatic heterocycles. The third kappa shape index (κ3) is 1.40. The van der Waals surface area contributed by atoms with Crippen LogP contribution in [-0.2, 0) is 9.84 Å². The maximum Gasteiger partial charge on any atom is 0.155 e. The predicted molar refractivity (Wildman–Crippen MR) is 50.2 cm³/mol. The highest BCUT2D eigenvalue weighted by molar-refractivity contribution is 7.92. The molecule has 13 heavy (non-hydrogen) atoms. The Bertz CT molecular complexity index is 309. The van der Waals surface area contributed by atoms with E-state index < -0.39 is 20.7 Å². The molecule has 0 amide bonds. The SMILES string of the molecule is CC1CC1(O)C1CCCCS1(=O)=O. The molecule has 3 atom stereocenters. The van der Waals surface area contributed by atoms with Gasteiger partial charge < -0.3 is 5.11 Å². The molecule has 4 heteroatoms. The van der Waals surface area contributed by atoms with Crippen LogP contribution in [0.1, 0.15) is 32.6 Å². The van der Waals surface area contributed by atoms with Crippen molar-refractivity contribution in [2.75, 3.05) is 5.75 Å². The molecular weight excluding hydrogens is 188 g/mol. The van der Waals surface area contributed by atoms with Crippen LogP contribution in [0.15, 0.2) is 0 Å². The van der Waals surface area contributed by atoms with Gasteiger partial charge in [-0.25, -0.2) is 8.42 Å². The smallest absolute Gasteiger partial charge is 0.155 e. The highest BCUT2D eigenvalue weighted by Gasteiger charge is 2.59. The van der Waals surface area contributed by atoms with Crippen LogP contribution in [0, 0.1) is 5.92 Å². The van der Waals surface area contributed by atoms with Crippen molar-refractivity contribution in [3.8, 4) is 0 Å². The number of hydrogen-bond acceptors (Lipinski definition) is 3. The standard InChI is InChI=1S/C9H16O3S/c1-7-6-9(7,10)8-4-2-3-5-13(8,11)12/h7-8,10H,2-6H2,1H3. The van der Waals surface area contributed by atoms with Gasteiger partial charge in [0.1, 0.15) is 0 Å². The van der Waals surface area contributed by atoms with E-state index in [4.69, 9.17) is 0 Å². The Morgan fingerprint density at radius 3 is 2.46 bits per heavy atom. The van der Waals surface area contributed by atoms with Crippen LogP contribution in [0.25, 0.3) is 0 Å². The van der Waals surface area contributed by atoms with Crippen LogP contribution in [0.5, 0.6) is 0 Å². The minimum atomic E-state index is -3.00. The van der Waals surface area contributed by atoms with Crippen molar-refractivity contribution in [1.82, 2.24) is 0 Å². The summed E-state index contributed by atoms with van der Waals surface area (Å²) in [6.45, 7) is 1.92. The summed E-state index contributed by atoms with van der Waals surface area (Å²) in [4.78, 5) is 0. The van der Waals surface area contributed by atoms with E-state index in [0.717, 1.165) is 12.8 Å². The first-order chi connectivity index (χ1) is 5.97. The summed E-state index contributed by atoms with van der Waals surface area (Å²) < 4.78 is 23.3. The predicted octanol–water partition coefficient (Wildman–Crippen LogP) is 0.725. The maximum atomic E-state index is 11.7. The van der Waals surface area contributed by atoms with Gasteiger partial charge in [-0.05, 0) is 25.2 Å². The van der Waals surface area contributed by atoms with E-state index >= 15 is 0 Å². The molecule has 1 heterocycles. The summed E-state index contributed by atoms with van der Waals surface area (Å²) in [6.07, 6.45) is 3.03. The van der Waals surface area contributed by atoms with E-state index in [0.29, 0.717) is 12.8 Å². The minimum Gasteiger partial charge on any atom is -0.388 e. The molecule has 0 radical (unpaired) electrons. The molecular formula is C9H16O3S. The minimum absolute atomic E-state index is 0.172. The second kappa shape index (κ2) is 2.70. The van der Waals surface area contributed by atoms with E-state index in [-0.39, 0.29) is 11.7 Å². The lowest BCUT2D eigenvalue weighted by Crippen LogP contribution is -2.41. The lowest BCUT2D eigenvalue weighted by molar-refractivity contribution is 0.122. The van der Waals surface area contributed by atoms with Crippen LogP contribution in [0.3, 0.4) is 0 Å². The van der Waals surface area contributed by atoms with Crippen LogP contribution in [-0.4, -0.2) is 30.1 Å². The molecule has 3 nitrogen and oxygen atoms in total. The quantitative estimate of drug-likeness (QED) is 0.685. The van der Waals surface area contributed by atoms with Gasteiger partial charge >= 0.3 is 0 Å². The lowest BCUT2D eigenvalue weighted by Gasteiger charge is -2.27. The monoisotopic (exact) mass is 204 g/mol. The second-order valence-electron chi connectivity index (χ2n) is 4.45. The van der Waals surface area contributed by atoms with Crippen LogP contribution in [0.4, 0.5) is 0 Å². The molecule has 0 aromatic rings. The second-order valence-corrected chi connectivity index (χ2v) is 6.75. The van der Waals surface area contributed by atoms with E-state index in [1.54, 1.807) is 0 Å². The van der Waals surface area contributed by atoms with E-state index in [1.807, 2.05) is 6.92 Å². The Hall–Kier alpha value is -0.0900. The topological polar surface area (TPSA) is 54.4 Å². The van der Waals surface area contributed by atoms with Gasteiger partial charge in [0.05, 0.1) is 16.6 Å². The first kappa shape index (κ1) is 9.46. The molecule has 0 bridgehead atoms. The summed E-state index contributed by atoms with van der Waals surface area (Å²) in [5, 5.41) is 9.51. The third-order valence-corrected chi connectivity index (χ3v) is 5.83. The summed E-state index contributed by atoms with van der Waals surface area (Å²) in [6, 6.07) is 0. The van der Waals surface area contributed by atoms with Gasteiger partial charge in [0.15, 0.2) is 9.84 Å². The molecule has 2 rings (SSSR count). The zero-order chi connectivity index (χ0) is 9.69. The molecule has 1 saturated carbocycles. The molecule has 0 aromatic carbocycles. The van der Waals surface area contributed by atoms with Gasteiger partial charge in [-0.3, -0.25) is 0 Å². The first-order valence-electron chi connectivity index (χ1n) is 4.91.